The van der Waals surface area contributed by atoms with Gasteiger partial charge in [-0.3, -0.25) is 9.59 Å². The number of aromatic nitrogens is 4. The number of nitrogens with one attached hydrogen (secondary N) is 4. The Morgan fingerprint density at radius 2 is 0.949 bits per heavy atom. The van der Waals surface area contributed by atoms with Crippen molar-refractivity contribution in [2.75, 3.05) is 117 Å². The largest absolute Gasteiger partial charge is 0.380 e. The van der Waals surface area contributed by atoms with Crippen molar-refractivity contribution in [1.82, 2.24) is 40.4 Å². The van der Waals surface area contributed by atoms with Gasteiger partial charge in [-0.05, 0) is 83.9 Å². The summed E-state index contributed by atoms with van der Waals surface area (Å²) in [7, 11) is 4.18. The third-order valence-electron chi connectivity index (χ3n) is 13.3. The van der Waals surface area contributed by atoms with E-state index in [2.05, 4.69) is 89.4 Å². The van der Waals surface area contributed by atoms with Crippen LogP contribution in [0.25, 0.3) is 22.5 Å². The van der Waals surface area contributed by atoms with Gasteiger partial charge in [0.05, 0.1) is 64.2 Å². The van der Waals surface area contributed by atoms with Gasteiger partial charge in [0.2, 0.25) is 0 Å². The van der Waals surface area contributed by atoms with E-state index < -0.39 is 24.0 Å². The number of hydrogen-bond acceptors (Lipinski definition) is 16. The molecule has 6 N–H and O–H groups in total. The Balaban J connectivity index is 0.633. The van der Waals surface area contributed by atoms with Crippen molar-refractivity contribution in [2.45, 2.75) is 37.1 Å². The van der Waals surface area contributed by atoms with Gasteiger partial charge in [0.25, 0.3) is 11.8 Å². The Kier molecular flexibility index (Phi) is 21.8. The Hall–Kier alpha value is -5.58. The molecule has 4 aromatic carbocycles. The first kappa shape index (κ1) is 58.6. The quantitative estimate of drug-likeness (QED) is 0.0289. The highest BCUT2D eigenvalue weighted by Gasteiger charge is 2.31. The van der Waals surface area contributed by atoms with Gasteiger partial charge in [0, 0.05) is 108 Å². The van der Waals surface area contributed by atoms with Crippen molar-refractivity contribution >= 4 is 69.9 Å². The summed E-state index contributed by atoms with van der Waals surface area (Å²) in [5.41, 5.74) is 10.2. The topological polar surface area (TPSA) is 218 Å². The minimum atomic E-state index is -1.98. The molecule has 18 nitrogen and oxygen atoms in total. The average Bonchev–Trinajstić information content (AvgIpc) is 3.47. The summed E-state index contributed by atoms with van der Waals surface area (Å²) < 4.78 is 22.4. The predicted molar refractivity (Wildman–Crippen MR) is 303 cm³/mol. The molecule has 6 aromatic rings. The standard InChI is InChI=1S/C56H64Cl4N10O8/c1-69-29-43(41-23-39(57)25-47(59)45(41)31-69)35-5-3-7-37(21-35)49-27-51(67-33-65-49)61-9-13-75-17-19-77-15-11-63-55(73)53(71)54(72)56(74)64-12-16-78-20-18-76-14-10-62-52-28-50(66-34-68-52)38-8-4-6-36(22-38)44-30-70(2)32-46-42(44)24-40(58)26-48(46)60/h3-8,21-28,33-34,43-44,53-54,71-72H,9-20,29-32H2,1-2H3,(H,63,73)(H,64,74)(H,61,65,67)(H,62,66,68)/t43-,44-,53+,54+/m0/s1. The molecule has 414 valence electrons. The number of halogens is 4. The number of nitrogens with zero attached hydrogens (tertiary/aromatic N) is 6. The van der Waals surface area contributed by atoms with Crippen LogP contribution >= 0.6 is 46.4 Å². The van der Waals surface area contributed by atoms with Gasteiger partial charge in [-0.1, -0.05) is 82.8 Å². The van der Waals surface area contributed by atoms with Crippen molar-refractivity contribution in [3.63, 3.8) is 0 Å². The monoisotopic (exact) mass is 1140 g/mol. The van der Waals surface area contributed by atoms with E-state index in [1.54, 1.807) is 12.1 Å². The van der Waals surface area contributed by atoms with Crippen LogP contribution in [-0.2, 0) is 41.6 Å². The molecule has 0 saturated carbocycles. The van der Waals surface area contributed by atoms with Gasteiger partial charge in [-0.15, -0.1) is 0 Å². The fourth-order valence-electron chi connectivity index (χ4n) is 9.45. The lowest BCUT2D eigenvalue weighted by Crippen LogP contribution is -2.50. The number of carbonyl (C=O) groups is 2. The minimum absolute atomic E-state index is 0.0455. The Bertz CT molecular complexity index is 2790. The maximum atomic E-state index is 12.4. The van der Waals surface area contributed by atoms with Crippen LogP contribution < -0.4 is 21.3 Å². The number of hydrogen-bond donors (Lipinski definition) is 6. The first-order valence-electron chi connectivity index (χ1n) is 25.7. The van der Waals surface area contributed by atoms with E-state index in [-0.39, 0.29) is 51.4 Å². The summed E-state index contributed by atoms with van der Waals surface area (Å²) in [4.78, 5) is 47.1. The number of carbonyl (C=O) groups excluding carboxylic acids is 2. The maximum Gasteiger partial charge on any atom is 0.252 e. The van der Waals surface area contributed by atoms with Crippen LogP contribution in [0.1, 0.15) is 45.2 Å². The summed E-state index contributed by atoms with van der Waals surface area (Å²) >= 11 is 26.1. The first-order chi connectivity index (χ1) is 37.8. The second kappa shape index (κ2) is 29.0. The first-order valence-corrected chi connectivity index (χ1v) is 27.2. The third-order valence-corrected chi connectivity index (χ3v) is 14.4. The van der Waals surface area contributed by atoms with Gasteiger partial charge in [0.1, 0.15) is 24.3 Å². The lowest BCUT2D eigenvalue weighted by atomic mass is 9.84. The zero-order chi connectivity index (χ0) is 55.0. The van der Waals surface area contributed by atoms with E-state index in [1.165, 1.54) is 12.7 Å². The van der Waals surface area contributed by atoms with Crippen LogP contribution in [0.2, 0.25) is 20.1 Å². The number of amides is 2. The van der Waals surface area contributed by atoms with Crippen LogP contribution in [0.3, 0.4) is 0 Å². The van der Waals surface area contributed by atoms with Crippen LogP contribution in [0, 0.1) is 0 Å². The molecular formula is C56H64Cl4N10O8. The van der Waals surface area contributed by atoms with E-state index in [9.17, 15) is 19.8 Å². The molecule has 2 aliphatic heterocycles. The maximum absolute atomic E-state index is 12.4. The smallest absolute Gasteiger partial charge is 0.252 e. The molecule has 2 aromatic heterocycles. The zero-order valence-electron chi connectivity index (χ0n) is 43.4. The lowest BCUT2D eigenvalue weighted by molar-refractivity contribution is -0.146. The molecule has 22 heteroatoms. The van der Waals surface area contributed by atoms with Crippen molar-refractivity contribution in [1.29, 1.82) is 0 Å². The van der Waals surface area contributed by atoms with E-state index >= 15 is 0 Å². The van der Waals surface area contributed by atoms with Gasteiger partial charge in [0.15, 0.2) is 12.2 Å². The molecule has 0 radical (unpaired) electrons. The minimum Gasteiger partial charge on any atom is -0.380 e. The SMILES string of the molecule is CN1Cc2c(Cl)cc(Cl)cc2[C@H](c2cccc(-c3cc(NCCOCCOCCNC(=O)[C@H](O)[C@@H](O)C(=O)NCCOCCOCCNc4cc(-c5cccc([C@@H]6CN(C)Cc7c(Cl)cc(Cl)cc76)c5)ncn4)ncn3)c2)C1. The van der Waals surface area contributed by atoms with E-state index in [4.69, 9.17) is 65.4 Å². The molecule has 0 unspecified atom stereocenters. The summed E-state index contributed by atoms with van der Waals surface area (Å²) in [5, 5.41) is 34.6. The van der Waals surface area contributed by atoms with E-state index in [0.717, 1.165) is 82.1 Å². The molecule has 2 amide bonds. The molecule has 4 atom stereocenters. The third kappa shape index (κ3) is 16.3. The van der Waals surface area contributed by atoms with Gasteiger partial charge in [-0.25, -0.2) is 19.9 Å². The highest BCUT2D eigenvalue weighted by molar-refractivity contribution is 6.35. The molecule has 4 heterocycles. The van der Waals surface area contributed by atoms with Crippen molar-refractivity contribution in [3.8, 4) is 22.5 Å². The van der Waals surface area contributed by atoms with Crippen molar-refractivity contribution in [3.05, 3.63) is 151 Å². The van der Waals surface area contributed by atoms with Crippen LogP contribution in [-0.4, -0.2) is 170 Å². The highest BCUT2D eigenvalue weighted by Crippen LogP contribution is 2.41. The second-order valence-corrected chi connectivity index (χ2v) is 20.7. The fraction of sp³-hybridized carbons (Fsp3) is 0.393. The summed E-state index contributed by atoms with van der Waals surface area (Å²) in [6.07, 6.45) is -0.902. The van der Waals surface area contributed by atoms with Gasteiger partial charge < -0.3 is 60.2 Å². The average molecular weight is 1150 g/mol. The number of aliphatic hydroxyl groups is 2. The summed E-state index contributed by atoms with van der Waals surface area (Å²) in [6.45, 7) is 6.40. The number of aliphatic hydroxyl groups excluding tert-OH is 2. The van der Waals surface area contributed by atoms with E-state index in [1.807, 2.05) is 48.5 Å². The molecular weight excluding hydrogens is 1080 g/mol. The van der Waals surface area contributed by atoms with E-state index in [0.29, 0.717) is 71.2 Å². The molecule has 2 aliphatic rings. The summed E-state index contributed by atoms with van der Waals surface area (Å²) in [5.74, 6) is -0.314. The Morgan fingerprint density at radius 1 is 0.551 bits per heavy atom. The van der Waals surface area contributed by atoms with Gasteiger partial charge in [-0.2, -0.15) is 0 Å². The fourth-order valence-corrected chi connectivity index (χ4v) is 10.6. The molecule has 0 bridgehead atoms. The Labute approximate surface area is 474 Å². The number of likely N-dealkylation sites (N-methyl/N-ethyl adjacent to an activating group) is 2. The number of rotatable bonds is 27. The normalized spacial score (nSPS) is 16.2. The molecule has 0 spiro atoms. The molecule has 0 fully saturated rings. The number of anilines is 2. The number of fused-ring (bicyclic) bond motifs is 2. The Morgan fingerprint density at radius 3 is 1.36 bits per heavy atom. The second-order valence-electron chi connectivity index (χ2n) is 19.0. The number of ether oxygens (including phenoxy) is 4. The molecule has 0 aliphatic carbocycles. The van der Waals surface area contributed by atoms with Crippen molar-refractivity contribution < 1.29 is 38.7 Å². The van der Waals surface area contributed by atoms with Crippen LogP contribution in [0.5, 0.6) is 0 Å². The molecule has 78 heavy (non-hydrogen) atoms. The predicted octanol–water partition coefficient (Wildman–Crippen LogP) is 6.91. The summed E-state index contributed by atoms with van der Waals surface area (Å²) in [6, 6.07) is 28.1. The van der Waals surface area contributed by atoms with Gasteiger partial charge >= 0.3 is 0 Å². The molecule has 0 saturated heterocycles. The highest BCUT2D eigenvalue weighted by atomic mass is 35.5. The van der Waals surface area contributed by atoms with Crippen LogP contribution in [0.4, 0.5) is 11.6 Å². The van der Waals surface area contributed by atoms with Crippen molar-refractivity contribution in [2.24, 2.45) is 0 Å². The van der Waals surface area contributed by atoms with Crippen LogP contribution in [0.15, 0.2) is 97.6 Å². The lowest BCUT2D eigenvalue weighted by Gasteiger charge is -2.33. The molecule has 8 rings (SSSR count). The zero-order valence-corrected chi connectivity index (χ0v) is 46.4. The number of benzene rings is 4.